The SMILES string of the molecule is CCCCCCCCCC[C@H]1OC(=O)CNC(=O)[C@H](CN/C(=N\C(=O)OCc2ccccc2)NC(=O)OCc2ccccc2)NC(=O)[C@H](COCc2ccccc2)NC(=O)[C@H]([C@@H](C)CC)NC(=O)[C@H](CC(C)C)N(C)C(=O)[C@@H]1C. The van der Waals surface area contributed by atoms with Crippen molar-refractivity contribution < 1.29 is 57.3 Å². The molecule has 1 fully saturated rings. The lowest BCUT2D eigenvalue weighted by Gasteiger charge is -2.34. The van der Waals surface area contributed by atoms with E-state index in [4.69, 9.17) is 18.9 Å². The van der Waals surface area contributed by atoms with Crippen molar-refractivity contribution >= 4 is 53.7 Å². The Morgan fingerprint density at radius 2 is 1.25 bits per heavy atom. The summed E-state index contributed by atoms with van der Waals surface area (Å²) in [4.78, 5) is 118. The number of amides is 7. The first kappa shape index (κ1) is 64.2. The van der Waals surface area contributed by atoms with Gasteiger partial charge < -0.3 is 50.4 Å². The van der Waals surface area contributed by atoms with Gasteiger partial charge in [-0.05, 0) is 47.8 Å². The molecule has 20 heteroatoms. The summed E-state index contributed by atoms with van der Waals surface area (Å²) in [6, 6.07) is 21.3. The van der Waals surface area contributed by atoms with E-state index in [-0.39, 0.29) is 32.2 Å². The molecule has 1 aliphatic heterocycles. The number of carbonyl (C=O) groups is 8. The van der Waals surface area contributed by atoms with Crippen molar-refractivity contribution in [3.05, 3.63) is 108 Å². The maximum absolute atomic E-state index is 14.6. The average molecular weight is 1100 g/mol. The Morgan fingerprint density at radius 3 is 1.84 bits per heavy atom. The summed E-state index contributed by atoms with van der Waals surface area (Å²) in [6.45, 7) is 9.24. The van der Waals surface area contributed by atoms with Crippen molar-refractivity contribution in [2.45, 2.75) is 162 Å². The molecule has 0 spiro atoms. The molecule has 1 saturated heterocycles. The third-order valence-corrected chi connectivity index (χ3v) is 13.6. The summed E-state index contributed by atoms with van der Waals surface area (Å²) in [5.41, 5.74) is 2.07. The highest BCUT2D eigenvalue weighted by atomic mass is 16.6. The van der Waals surface area contributed by atoms with Crippen molar-refractivity contribution in [3.63, 3.8) is 0 Å². The zero-order chi connectivity index (χ0) is 57.5. The van der Waals surface area contributed by atoms with Crippen molar-refractivity contribution in [2.24, 2.45) is 22.7 Å². The van der Waals surface area contributed by atoms with Gasteiger partial charge in [0, 0.05) is 13.6 Å². The molecule has 20 nitrogen and oxygen atoms in total. The topological polar surface area (TPSA) is 261 Å². The van der Waals surface area contributed by atoms with Gasteiger partial charge in [-0.1, -0.05) is 184 Å². The van der Waals surface area contributed by atoms with E-state index in [0.29, 0.717) is 30.4 Å². The average Bonchev–Trinajstić information content (AvgIpc) is 3.47. The van der Waals surface area contributed by atoms with Crippen molar-refractivity contribution in [1.82, 2.24) is 36.8 Å². The van der Waals surface area contributed by atoms with Gasteiger partial charge in [0.15, 0.2) is 0 Å². The van der Waals surface area contributed by atoms with Gasteiger partial charge in [-0.25, -0.2) is 9.59 Å². The van der Waals surface area contributed by atoms with E-state index in [9.17, 15) is 38.4 Å². The second kappa shape index (κ2) is 35.2. The van der Waals surface area contributed by atoms with E-state index in [1.807, 2.05) is 51.1 Å². The Morgan fingerprint density at radius 1 is 0.696 bits per heavy atom. The molecule has 6 N–H and O–H groups in total. The van der Waals surface area contributed by atoms with Crippen LogP contribution in [0.2, 0.25) is 0 Å². The first-order valence-electron chi connectivity index (χ1n) is 27.8. The quantitative estimate of drug-likeness (QED) is 0.0184. The van der Waals surface area contributed by atoms with Crippen LogP contribution >= 0.6 is 0 Å². The van der Waals surface area contributed by atoms with Crippen LogP contribution in [-0.2, 0) is 67.5 Å². The second-order valence-corrected chi connectivity index (χ2v) is 20.5. The van der Waals surface area contributed by atoms with Gasteiger partial charge in [-0.15, -0.1) is 4.99 Å². The van der Waals surface area contributed by atoms with E-state index >= 15 is 0 Å². The number of hydrogen-bond acceptors (Lipinski definition) is 12. The van der Waals surface area contributed by atoms with Crippen LogP contribution in [-0.4, -0.2) is 116 Å². The highest BCUT2D eigenvalue weighted by Crippen LogP contribution is 2.23. The van der Waals surface area contributed by atoms with Crippen LogP contribution in [0.3, 0.4) is 0 Å². The molecule has 0 aliphatic carbocycles. The molecule has 79 heavy (non-hydrogen) atoms. The van der Waals surface area contributed by atoms with E-state index in [1.54, 1.807) is 74.5 Å². The largest absolute Gasteiger partial charge is 0.460 e. The van der Waals surface area contributed by atoms with Gasteiger partial charge in [-0.3, -0.25) is 34.1 Å². The first-order chi connectivity index (χ1) is 38.0. The zero-order valence-corrected chi connectivity index (χ0v) is 47.1. The van der Waals surface area contributed by atoms with Gasteiger partial charge in [0.2, 0.25) is 35.5 Å². The highest BCUT2D eigenvalue weighted by molar-refractivity contribution is 6.00. The normalized spacial score (nSPS) is 20.5. The predicted molar refractivity (Wildman–Crippen MR) is 298 cm³/mol. The fourth-order valence-corrected chi connectivity index (χ4v) is 8.66. The fourth-order valence-electron chi connectivity index (χ4n) is 8.66. The number of alkyl carbamates (subject to hydrolysis) is 1. The molecular weight excluding hydrogens is 1010 g/mol. The monoisotopic (exact) mass is 1100 g/mol. The summed E-state index contributed by atoms with van der Waals surface area (Å²) < 4.78 is 22.7. The van der Waals surface area contributed by atoms with Gasteiger partial charge in [0.25, 0.3) is 0 Å². The summed E-state index contributed by atoms with van der Waals surface area (Å²) in [5.74, 6) is -6.52. The molecule has 3 aromatic carbocycles. The predicted octanol–water partition coefficient (Wildman–Crippen LogP) is 6.99. The van der Waals surface area contributed by atoms with Gasteiger partial charge in [0.1, 0.15) is 50.0 Å². The van der Waals surface area contributed by atoms with E-state index in [2.05, 4.69) is 43.8 Å². The van der Waals surface area contributed by atoms with Crippen LogP contribution in [0.5, 0.6) is 0 Å². The molecule has 1 aliphatic rings. The number of unbranched alkanes of at least 4 members (excludes halogenated alkanes) is 7. The number of aliphatic imine (C=N–C) groups is 1. The van der Waals surface area contributed by atoms with Crippen LogP contribution in [0.4, 0.5) is 9.59 Å². The number of hydrogen-bond donors (Lipinski definition) is 6. The number of nitrogens with zero attached hydrogens (tertiary/aromatic N) is 2. The summed E-state index contributed by atoms with van der Waals surface area (Å²) in [6.07, 6.45) is 5.88. The maximum Gasteiger partial charge on any atom is 0.437 e. The minimum absolute atomic E-state index is 0.0293. The van der Waals surface area contributed by atoms with Crippen molar-refractivity contribution in [2.75, 3.05) is 26.7 Å². The number of esters is 1. The highest BCUT2D eigenvalue weighted by Gasteiger charge is 2.38. The molecule has 432 valence electrons. The molecule has 1 heterocycles. The Kier molecular flexibility index (Phi) is 28.6. The Bertz CT molecular complexity index is 2410. The Labute approximate surface area is 465 Å². The smallest absolute Gasteiger partial charge is 0.437 e. The van der Waals surface area contributed by atoms with Crippen LogP contribution in [0.15, 0.2) is 96.0 Å². The number of carbonyl (C=O) groups excluding carboxylic acids is 8. The van der Waals surface area contributed by atoms with E-state index < -0.39 is 115 Å². The zero-order valence-electron chi connectivity index (χ0n) is 47.1. The number of likely N-dealkylation sites (N-methyl/N-ethyl adjacent to an activating group) is 1. The van der Waals surface area contributed by atoms with Gasteiger partial charge >= 0.3 is 18.2 Å². The Balaban J connectivity index is 1.73. The van der Waals surface area contributed by atoms with Gasteiger partial charge in [-0.2, -0.15) is 0 Å². The number of ether oxygens (including phenoxy) is 4. The first-order valence-corrected chi connectivity index (χ1v) is 27.8. The standard InChI is InChI=1S/C59H84N8O12/c1-8-10-11-12-13-14-15-25-32-49-42(6)56(73)67(7)48(33-40(3)4)54(71)64-51(41(5)9-2)55(72)63-47(39-76-36-43-26-19-16-20-27-43)53(70)62-46(52(69)60-35-50(68)79-49)34-61-57(65-58(74)77-37-44-28-21-17-22-29-44)66-59(75)78-38-45-30-23-18-24-31-45/h16-24,26-31,40-42,46-49,51H,8-15,25,32-39H2,1-7H3,(H,60,69)(H,62,70)(H,63,72)(H,64,71)(H2,61,65,66,74,75)/t41-,42+,46-,47-,48-,49+,51-/m0/s1. The third-order valence-electron chi connectivity index (χ3n) is 13.6. The molecule has 4 rings (SSSR count). The van der Waals surface area contributed by atoms with Gasteiger partial charge in [0.05, 0.1) is 19.1 Å². The van der Waals surface area contributed by atoms with Crippen LogP contribution in [0.1, 0.15) is 129 Å². The number of benzene rings is 3. The number of rotatable bonds is 23. The molecule has 7 amide bonds. The molecule has 0 bridgehead atoms. The lowest BCUT2D eigenvalue weighted by molar-refractivity contribution is -0.157. The number of nitrogens with one attached hydrogen (secondary N) is 6. The van der Waals surface area contributed by atoms with E-state index in [1.165, 1.54) is 18.4 Å². The third kappa shape index (κ3) is 23.7. The summed E-state index contributed by atoms with van der Waals surface area (Å²) in [5, 5.41) is 15.9. The fraction of sp³-hybridized carbons (Fsp3) is 0.542. The van der Waals surface area contributed by atoms with E-state index in [0.717, 1.165) is 44.1 Å². The molecule has 7 atom stereocenters. The molecule has 0 radical (unpaired) electrons. The summed E-state index contributed by atoms with van der Waals surface area (Å²) >= 11 is 0. The van der Waals surface area contributed by atoms with Crippen LogP contribution in [0, 0.1) is 17.8 Å². The molecule has 3 aromatic rings. The van der Waals surface area contributed by atoms with Crippen LogP contribution < -0.4 is 31.9 Å². The maximum atomic E-state index is 14.6. The van der Waals surface area contributed by atoms with Crippen molar-refractivity contribution in [3.8, 4) is 0 Å². The molecule has 0 aromatic heterocycles. The second-order valence-electron chi connectivity index (χ2n) is 20.5. The van der Waals surface area contributed by atoms with Crippen LogP contribution in [0.25, 0.3) is 0 Å². The molecule has 0 saturated carbocycles. The molecular formula is C59H84N8O12. The summed E-state index contributed by atoms with van der Waals surface area (Å²) in [7, 11) is 1.52. The van der Waals surface area contributed by atoms with Crippen molar-refractivity contribution in [1.29, 1.82) is 0 Å². The Hall–Kier alpha value is -7.35. The lowest BCUT2D eigenvalue weighted by atomic mass is 9.94. The lowest BCUT2D eigenvalue weighted by Crippen LogP contribution is -2.62. The number of guanidine groups is 1. The minimum Gasteiger partial charge on any atom is -0.460 e. The minimum atomic E-state index is -1.63. The molecule has 0 unspecified atom stereocenters. The number of cyclic esters (lactones) is 1.